The number of hydrazone groups is 1. The lowest BCUT2D eigenvalue weighted by Gasteiger charge is -2.14. The molecule has 0 atom stereocenters. The standard InChI is InChI=1S/C22H17Cl2IN2O3/c1-29-20-10-14(12-26-27-22(28)15-5-3-2-4-6-15)9-19(25)21(20)30-13-16-7-8-17(23)11-18(16)24/h2-12H,13H2,1H3,(H,27,28)/b26-12-. The van der Waals surface area contributed by atoms with Gasteiger partial charge in [0, 0.05) is 21.2 Å². The second kappa shape index (κ2) is 10.7. The molecule has 3 aromatic rings. The van der Waals surface area contributed by atoms with Crippen LogP contribution in [0.2, 0.25) is 10.0 Å². The number of amides is 1. The fraction of sp³-hybridized carbons (Fsp3) is 0.0909. The molecule has 0 bridgehead atoms. The van der Waals surface area contributed by atoms with Gasteiger partial charge in [-0.1, -0.05) is 47.5 Å². The number of hydrogen-bond donors (Lipinski definition) is 1. The van der Waals surface area contributed by atoms with Crippen molar-refractivity contribution in [2.45, 2.75) is 6.61 Å². The molecule has 3 aromatic carbocycles. The number of rotatable bonds is 7. The van der Waals surface area contributed by atoms with Gasteiger partial charge < -0.3 is 9.47 Å². The lowest BCUT2D eigenvalue weighted by atomic mass is 10.2. The topological polar surface area (TPSA) is 59.9 Å². The predicted octanol–water partition coefficient (Wildman–Crippen LogP) is 5.95. The van der Waals surface area contributed by atoms with Gasteiger partial charge >= 0.3 is 0 Å². The number of nitrogens with one attached hydrogen (secondary N) is 1. The number of methoxy groups -OCH3 is 1. The molecule has 0 aliphatic heterocycles. The van der Waals surface area contributed by atoms with Gasteiger partial charge in [0.05, 0.1) is 16.9 Å². The number of halogens is 3. The van der Waals surface area contributed by atoms with Gasteiger partial charge in [-0.25, -0.2) is 5.43 Å². The van der Waals surface area contributed by atoms with Crippen LogP contribution in [0.4, 0.5) is 0 Å². The predicted molar refractivity (Wildman–Crippen MR) is 128 cm³/mol. The fourth-order valence-electron chi connectivity index (χ4n) is 2.56. The first kappa shape index (κ1) is 22.4. The van der Waals surface area contributed by atoms with Gasteiger partial charge in [-0.2, -0.15) is 5.10 Å². The van der Waals surface area contributed by atoms with Crippen LogP contribution < -0.4 is 14.9 Å². The zero-order valence-corrected chi connectivity index (χ0v) is 19.5. The molecule has 0 unspecified atom stereocenters. The van der Waals surface area contributed by atoms with Crippen molar-refractivity contribution < 1.29 is 14.3 Å². The molecule has 1 N–H and O–H groups in total. The summed E-state index contributed by atoms with van der Waals surface area (Å²) in [4.78, 5) is 12.1. The van der Waals surface area contributed by atoms with Gasteiger partial charge in [-0.15, -0.1) is 0 Å². The van der Waals surface area contributed by atoms with Gasteiger partial charge in [0.1, 0.15) is 6.61 Å². The summed E-state index contributed by atoms with van der Waals surface area (Å²) in [5, 5.41) is 5.13. The minimum absolute atomic E-state index is 0.267. The van der Waals surface area contributed by atoms with E-state index in [1.807, 2.05) is 18.2 Å². The third kappa shape index (κ3) is 5.87. The van der Waals surface area contributed by atoms with E-state index in [-0.39, 0.29) is 12.5 Å². The molecule has 0 aliphatic carbocycles. The molecule has 8 heteroatoms. The first-order chi connectivity index (χ1) is 14.5. The molecule has 1 amide bonds. The molecule has 0 spiro atoms. The van der Waals surface area contributed by atoms with Gasteiger partial charge in [0.2, 0.25) is 0 Å². The molecule has 0 fully saturated rings. The summed E-state index contributed by atoms with van der Waals surface area (Å²) in [6, 6.07) is 17.8. The van der Waals surface area contributed by atoms with Crippen LogP contribution in [0, 0.1) is 3.57 Å². The molecule has 3 rings (SSSR count). The average molecular weight is 555 g/mol. The first-order valence-electron chi connectivity index (χ1n) is 8.80. The molecule has 30 heavy (non-hydrogen) atoms. The lowest BCUT2D eigenvalue weighted by molar-refractivity contribution is 0.0955. The Morgan fingerprint density at radius 2 is 1.90 bits per heavy atom. The SMILES string of the molecule is COc1cc(/C=N\NC(=O)c2ccccc2)cc(I)c1OCc1ccc(Cl)cc1Cl. The smallest absolute Gasteiger partial charge is 0.271 e. The molecule has 5 nitrogen and oxygen atoms in total. The molecule has 0 saturated carbocycles. The monoisotopic (exact) mass is 554 g/mol. The van der Waals surface area contributed by atoms with E-state index in [0.717, 1.165) is 14.7 Å². The maximum absolute atomic E-state index is 12.1. The highest BCUT2D eigenvalue weighted by Crippen LogP contribution is 2.34. The third-order valence-electron chi connectivity index (χ3n) is 4.05. The first-order valence-corrected chi connectivity index (χ1v) is 10.6. The van der Waals surface area contributed by atoms with Crippen LogP contribution >= 0.6 is 45.8 Å². The second-order valence-electron chi connectivity index (χ2n) is 6.12. The largest absolute Gasteiger partial charge is 0.493 e. The van der Waals surface area contributed by atoms with E-state index in [2.05, 4.69) is 33.1 Å². The Kier molecular flexibility index (Phi) is 7.95. The summed E-state index contributed by atoms with van der Waals surface area (Å²) in [7, 11) is 1.56. The van der Waals surface area contributed by atoms with Crippen LogP contribution in [-0.4, -0.2) is 19.2 Å². The van der Waals surface area contributed by atoms with Crippen molar-refractivity contribution in [2.24, 2.45) is 5.10 Å². The summed E-state index contributed by atoms with van der Waals surface area (Å²) in [5.41, 5.74) is 4.61. The molecular weight excluding hydrogens is 538 g/mol. The van der Waals surface area contributed by atoms with E-state index in [1.165, 1.54) is 0 Å². The van der Waals surface area contributed by atoms with Crippen molar-refractivity contribution in [3.63, 3.8) is 0 Å². The van der Waals surface area contributed by atoms with E-state index >= 15 is 0 Å². The number of nitrogens with zero attached hydrogens (tertiary/aromatic N) is 1. The highest BCUT2D eigenvalue weighted by Gasteiger charge is 2.13. The number of ether oxygens (including phenoxy) is 2. The number of carbonyl (C=O) groups excluding carboxylic acids is 1. The Bertz CT molecular complexity index is 1080. The van der Waals surface area contributed by atoms with Crippen molar-refractivity contribution in [3.8, 4) is 11.5 Å². The summed E-state index contributed by atoms with van der Waals surface area (Å²) in [6.07, 6.45) is 1.55. The van der Waals surface area contributed by atoms with Crippen LogP contribution in [0.1, 0.15) is 21.5 Å². The van der Waals surface area contributed by atoms with Gasteiger partial charge in [-0.3, -0.25) is 4.79 Å². The number of hydrogen-bond acceptors (Lipinski definition) is 4. The molecular formula is C22H17Cl2IN2O3. The lowest BCUT2D eigenvalue weighted by Crippen LogP contribution is -2.17. The highest BCUT2D eigenvalue weighted by molar-refractivity contribution is 14.1. The van der Waals surface area contributed by atoms with Crippen molar-refractivity contribution in [1.82, 2.24) is 5.43 Å². The van der Waals surface area contributed by atoms with Gasteiger partial charge in [0.15, 0.2) is 11.5 Å². The maximum atomic E-state index is 12.1. The Balaban J connectivity index is 1.71. The average Bonchev–Trinajstić information content (AvgIpc) is 2.74. The maximum Gasteiger partial charge on any atom is 0.271 e. The number of benzene rings is 3. The minimum atomic E-state index is -0.284. The van der Waals surface area contributed by atoms with Crippen LogP contribution in [0.5, 0.6) is 11.5 Å². The van der Waals surface area contributed by atoms with Crippen molar-refractivity contribution in [2.75, 3.05) is 7.11 Å². The van der Waals surface area contributed by atoms with E-state index < -0.39 is 0 Å². The van der Waals surface area contributed by atoms with E-state index in [4.69, 9.17) is 32.7 Å². The van der Waals surface area contributed by atoms with Crippen molar-refractivity contribution in [3.05, 3.63) is 91.0 Å². The van der Waals surface area contributed by atoms with E-state index in [1.54, 1.807) is 55.8 Å². The minimum Gasteiger partial charge on any atom is -0.493 e. The van der Waals surface area contributed by atoms with Crippen molar-refractivity contribution >= 4 is 57.9 Å². The Morgan fingerprint density at radius 3 is 2.60 bits per heavy atom. The van der Waals surface area contributed by atoms with Crippen LogP contribution in [-0.2, 0) is 6.61 Å². The molecule has 0 heterocycles. The fourth-order valence-corrected chi connectivity index (χ4v) is 3.81. The normalized spacial score (nSPS) is 10.8. The molecule has 0 aliphatic rings. The Morgan fingerprint density at radius 1 is 1.13 bits per heavy atom. The zero-order valence-electron chi connectivity index (χ0n) is 15.9. The van der Waals surface area contributed by atoms with Crippen LogP contribution in [0.15, 0.2) is 65.8 Å². The van der Waals surface area contributed by atoms with Crippen molar-refractivity contribution in [1.29, 1.82) is 0 Å². The van der Waals surface area contributed by atoms with Gasteiger partial charge in [-0.05, 0) is 64.6 Å². The summed E-state index contributed by atoms with van der Waals surface area (Å²) >= 11 is 14.3. The number of carbonyl (C=O) groups is 1. The second-order valence-corrected chi connectivity index (χ2v) is 8.13. The Hall–Kier alpha value is -2.29. The molecule has 0 aromatic heterocycles. The Labute approximate surface area is 198 Å². The summed E-state index contributed by atoms with van der Waals surface area (Å²) in [5.74, 6) is 0.853. The quantitative estimate of drug-likeness (QED) is 0.223. The molecule has 0 radical (unpaired) electrons. The summed E-state index contributed by atoms with van der Waals surface area (Å²) < 4.78 is 12.2. The molecule has 0 saturated heterocycles. The third-order valence-corrected chi connectivity index (χ3v) is 5.44. The van der Waals surface area contributed by atoms with E-state index in [0.29, 0.717) is 27.1 Å². The van der Waals surface area contributed by atoms with Crippen LogP contribution in [0.3, 0.4) is 0 Å². The zero-order chi connectivity index (χ0) is 21.5. The molecule has 154 valence electrons. The van der Waals surface area contributed by atoms with Gasteiger partial charge in [0.25, 0.3) is 5.91 Å². The highest BCUT2D eigenvalue weighted by atomic mass is 127. The van der Waals surface area contributed by atoms with E-state index in [9.17, 15) is 4.79 Å². The van der Waals surface area contributed by atoms with Crippen LogP contribution in [0.25, 0.3) is 0 Å². The summed E-state index contributed by atoms with van der Waals surface area (Å²) in [6.45, 7) is 0.267.